The SMILES string of the molecule is CCCCN(NC(C)(C)C)c1cc(C(=O)O)cc(F)c1Oc1ccc(C)cc1. The molecule has 0 radical (unpaired) electrons. The van der Waals surface area contributed by atoms with Crippen LogP contribution in [-0.4, -0.2) is 23.2 Å². The van der Waals surface area contributed by atoms with Gasteiger partial charge in [0, 0.05) is 12.1 Å². The molecule has 0 unspecified atom stereocenters. The third kappa shape index (κ3) is 5.96. The average Bonchev–Trinajstić information content (AvgIpc) is 2.60. The molecule has 28 heavy (non-hydrogen) atoms. The highest BCUT2D eigenvalue weighted by molar-refractivity contribution is 5.89. The maximum absolute atomic E-state index is 14.9. The van der Waals surface area contributed by atoms with Crippen LogP contribution in [-0.2, 0) is 0 Å². The van der Waals surface area contributed by atoms with Gasteiger partial charge in [-0.15, -0.1) is 0 Å². The van der Waals surface area contributed by atoms with Crippen LogP contribution in [0.15, 0.2) is 36.4 Å². The Balaban J connectivity index is 2.55. The van der Waals surface area contributed by atoms with Gasteiger partial charge in [0.1, 0.15) is 5.75 Å². The van der Waals surface area contributed by atoms with Gasteiger partial charge in [0.15, 0.2) is 11.6 Å². The molecule has 0 bridgehead atoms. The number of halogens is 1. The number of aromatic carboxylic acids is 1. The van der Waals surface area contributed by atoms with E-state index in [1.54, 1.807) is 17.1 Å². The summed E-state index contributed by atoms with van der Waals surface area (Å²) in [7, 11) is 0. The molecule has 2 N–H and O–H groups in total. The van der Waals surface area contributed by atoms with Crippen LogP contribution in [0.25, 0.3) is 0 Å². The lowest BCUT2D eigenvalue weighted by Crippen LogP contribution is -2.50. The van der Waals surface area contributed by atoms with E-state index in [1.165, 1.54) is 6.07 Å². The van der Waals surface area contributed by atoms with Crippen LogP contribution in [0.3, 0.4) is 0 Å². The Hall–Kier alpha value is -2.60. The topological polar surface area (TPSA) is 61.8 Å². The van der Waals surface area contributed by atoms with Crippen molar-refractivity contribution < 1.29 is 19.0 Å². The molecular formula is C22H29FN2O3. The fourth-order valence-corrected chi connectivity index (χ4v) is 2.69. The van der Waals surface area contributed by atoms with Gasteiger partial charge in [-0.3, -0.25) is 0 Å². The van der Waals surface area contributed by atoms with Gasteiger partial charge in [0.25, 0.3) is 0 Å². The molecule has 0 spiro atoms. The van der Waals surface area contributed by atoms with E-state index in [4.69, 9.17) is 4.74 Å². The minimum Gasteiger partial charge on any atom is -0.478 e. The molecule has 0 saturated carbocycles. The molecule has 6 heteroatoms. The van der Waals surface area contributed by atoms with Crippen molar-refractivity contribution in [1.82, 2.24) is 5.43 Å². The van der Waals surface area contributed by atoms with Crippen molar-refractivity contribution >= 4 is 11.7 Å². The van der Waals surface area contributed by atoms with Crippen LogP contribution in [0, 0.1) is 12.7 Å². The van der Waals surface area contributed by atoms with E-state index in [0.717, 1.165) is 24.5 Å². The van der Waals surface area contributed by atoms with Crippen molar-refractivity contribution in [3.05, 3.63) is 53.3 Å². The van der Waals surface area contributed by atoms with Gasteiger partial charge in [0.05, 0.1) is 11.3 Å². The molecule has 0 saturated heterocycles. The Morgan fingerprint density at radius 3 is 2.39 bits per heavy atom. The normalized spacial score (nSPS) is 11.4. The van der Waals surface area contributed by atoms with E-state index < -0.39 is 11.8 Å². The molecule has 2 aromatic rings. The first kappa shape index (κ1) is 21.7. The van der Waals surface area contributed by atoms with Crippen LogP contribution in [0.1, 0.15) is 56.5 Å². The molecule has 0 amide bonds. The minimum atomic E-state index is -1.19. The van der Waals surface area contributed by atoms with E-state index in [2.05, 4.69) is 12.3 Å². The number of unbranched alkanes of at least 4 members (excludes halogenated alkanes) is 1. The number of aryl methyl sites for hydroxylation is 1. The van der Waals surface area contributed by atoms with Crippen LogP contribution in [0.5, 0.6) is 11.5 Å². The van der Waals surface area contributed by atoms with Crippen molar-refractivity contribution in [3.63, 3.8) is 0 Å². The van der Waals surface area contributed by atoms with Gasteiger partial charge in [-0.1, -0.05) is 31.0 Å². The largest absolute Gasteiger partial charge is 0.478 e. The summed E-state index contributed by atoms with van der Waals surface area (Å²) in [6, 6.07) is 9.71. The van der Waals surface area contributed by atoms with Crippen LogP contribution >= 0.6 is 0 Å². The van der Waals surface area contributed by atoms with Gasteiger partial charge in [0.2, 0.25) is 0 Å². The highest BCUT2D eigenvalue weighted by Gasteiger charge is 2.24. The van der Waals surface area contributed by atoms with Crippen LogP contribution < -0.4 is 15.2 Å². The number of hydrogen-bond donors (Lipinski definition) is 2. The van der Waals surface area contributed by atoms with Crippen molar-refractivity contribution in [2.45, 2.75) is 53.0 Å². The average molecular weight is 388 g/mol. The molecule has 0 atom stereocenters. The molecule has 2 rings (SSSR count). The number of ether oxygens (including phenoxy) is 1. The number of hydrogen-bond acceptors (Lipinski definition) is 4. The second-order valence-electron chi connectivity index (χ2n) is 7.89. The standard InChI is InChI=1S/C22H29FN2O3/c1-6-7-12-25(24-22(3,4)5)19-14-16(21(26)27)13-18(23)20(19)28-17-10-8-15(2)9-11-17/h8-11,13-14,24H,6-7,12H2,1-5H3,(H,26,27). The monoisotopic (exact) mass is 388 g/mol. The lowest BCUT2D eigenvalue weighted by Gasteiger charge is -2.34. The minimum absolute atomic E-state index is 0.00158. The third-order valence-electron chi connectivity index (χ3n) is 4.01. The fourth-order valence-electron chi connectivity index (χ4n) is 2.69. The van der Waals surface area contributed by atoms with E-state index in [9.17, 15) is 14.3 Å². The third-order valence-corrected chi connectivity index (χ3v) is 4.01. The zero-order valence-electron chi connectivity index (χ0n) is 17.2. The molecular weight excluding hydrogens is 359 g/mol. The zero-order valence-corrected chi connectivity index (χ0v) is 17.2. The van der Waals surface area contributed by atoms with Crippen molar-refractivity contribution in [1.29, 1.82) is 0 Å². The van der Waals surface area contributed by atoms with Gasteiger partial charge < -0.3 is 14.9 Å². The Morgan fingerprint density at radius 2 is 1.86 bits per heavy atom. The first-order chi connectivity index (χ1) is 13.1. The number of anilines is 1. The molecule has 0 aliphatic rings. The number of hydrazine groups is 1. The summed E-state index contributed by atoms with van der Waals surface area (Å²) >= 11 is 0. The quantitative estimate of drug-likeness (QED) is 0.582. The molecule has 0 fully saturated rings. The number of nitrogens with zero attached hydrogens (tertiary/aromatic N) is 1. The summed E-state index contributed by atoms with van der Waals surface area (Å²) in [5.41, 5.74) is 4.33. The second kappa shape index (κ2) is 9.06. The summed E-state index contributed by atoms with van der Waals surface area (Å²) in [5.74, 6) is -1.41. The second-order valence-corrected chi connectivity index (χ2v) is 7.89. The van der Waals surface area contributed by atoms with Gasteiger partial charge in [-0.2, -0.15) is 0 Å². The summed E-state index contributed by atoms with van der Waals surface area (Å²) in [5, 5.41) is 11.2. The molecule has 0 aliphatic heterocycles. The Morgan fingerprint density at radius 1 is 1.21 bits per heavy atom. The zero-order chi connectivity index (χ0) is 20.9. The molecule has 152 valence electrons. The molecule has 0 aromatic heterocycles. The van der Waals surface area contributed by atoms with Gasteiger partial charge in [-0.05, 0) is 58.4 Å². The van der Waals surface area contributed by atoms with Crippen LogP contribution in [0.2, 0.25) is 0 Å². The summed E-state index contributed by atoms with van der Waals surface area (Å²) in [4.78, 5) is 11.5. The van der Waals surface area contributed by atoms with E-state index in [-0.39, 0.29) is 16.9 Å². The van der Waals surface area contributed by atoms with Gasteiger partial charge in [-0.25, -0.2) is 14.6 Å². The van der Waals surface area contributed by atoms with Crippen molar-refractivity contribution in [3.8, 4) is 11.5 Å². The Bertz CT molecular complexity index is 814. The number of carboxylic acid groups (broad SMARTS) is 1. The van der Waals surface area contributed by atoms with E-state index in [1.807, 2.05) is 39.8 Å². The number of nitrogens with one attached hydrogen (secondary N) is 1. The maximum atomic E-state index is 14.9. The fraction of sp³-hybridized carbons (Fsp3) is 0.409. The molecule has 2 aromatic carbocycles. The number of rotatable bonds is 8. The Labute approximate surface area is 166 Å². The van der Waals surface area contributed by atoms with Crippen molar-refractivity contribution in [2.24, 2.45) is 0 Å². The lowest BCUT2D eigenvalue weighted by atomic mass is 10.1. The van der Waals surface area contributed by atoms with E-state index in [0.29, 0.717) is 18.0 Å². The summed E-state index contributed by atoms with van der Waals surface area (Å²) in [6.07, 6.45) is 1.80. The van der Waals surface area contributed by atoms with Gasteiger partial charge >= 0.3 is 5.97 Å². The number of benzene rings is 2. The Kier molecular flexibility index (Phi) is 7.02. The first-order valence-electron chi connectivity index (χ1n) is 9.47. The van der Waals surface area contributed by atoms with Crippen molar-refractivity contribution in [2.75, 3.05) is 11.6 Å². The molecule has 0 aliphatic carbocycles. The maximum Gasteiger partial charge on any atom is 0.335 e. The molecule has 5 nitrogen and oxygen atoms in total. The lowest BCUT2D eigenvalue weighted by molar-refractivity contribution is 0.0696. The highest BCUT2D eigenvalue weighted by atomic mass is 19.1. The number of carboxylic acids is 1. The first-order valence-corrected chi connectivity index (χ1v) is 9.47. The summed E-state index contributed by atoms with van der Waals surface area (Å²) < 4.78 is 20.8. The van der Waals surface area contributed by atoms with Crippen LogP contribution in [0.4, 0.5) is 10.1 Å². The smallest absolute Gasteiger partial charge is 0.335 e. The molecule has 0 heterocycles. The number of carbonyl (C=O) groups is 1. The predicted molar refractivity (Wildman–Crippen MR) is 110 cm³/mol. The van der Waals surface area contributed by atoms with E-state index >= 15 is 0 Å². The summed E-state index contributed by atoms with van der Waals surface area (Å²) in [6.45, 7) is 10.6. The highest BCUT2D eigenvalue weighted by Crippen LogP contribution is 2.36. The predicted octanol–water partition coefficient (Wildman–Crippen LogP) is 5.53.